The van der Waals surface area contributed by atoms with E-state index in [-0.39, 0.29) is 17.5 Å². The summed E-state index contributed by atoms with van der Waals surface area (Å²) in [5, 5.41) is 3.45. The van der Waals surface area contributed by atoms with Gasteiger partial charge in [0.2, 0.25) is 0 Å². The van der Waals surface area contributed by atoms with Crippen molar-refractivity contribution in [2.24, 2.45) is 0 Å². The molecule has 3 heterocycles. The minimum atomic E-state index is -2.55. The number of carbonyl (C=O) groups excluding carboxylic acids is 1. The second-order valence-electron chi connectivity index (χ2n) is 7.79. The van der Waals surface area contributed by atoms with Gasteiger partial charge in [-0.1, -0.05) is 6.42 Å². The molecule has 1 amide bonds. The van der Waals surface area contributed by atoms with Crippen molar-refractivity contribution in [2.45, 2.75) is 63.2 Å². The van der Waals surface area contributed by atoms with Crippen LogP contribution in [0.2, 0.25) is 0 Å². The molecule has 0 radical (unpaired) electrons. The molecular weight excluding hydrogens is 355 g/mol. The molecule has 2 aliphatic heterocycles. The number of rotatable bonds is 4. The fourth-order valence-corrected chi connectivity index (χ4v) is 4.75. The van der Waals surface area contributed by atoms with Gasteiger partial charge in [-0.2, -0.15) is 0 Å². The molecule has 7 heteroatoms. The van der Waals surface area contributed by atoms with Crippen LogP contribution in [-0.2, 0) is 6.54 Å². The van der Waals surface area contributed by atoms with Crippen molar-refractivity contribution < 1.29 is 18.0 Å². The van der Waals surface area contributed by atoms with Crippen molar-refractivity contribution in [3.8, 4) is 0 Å². The average molecular weight is 379 g/mol. The number of amides is 1. The Morgan fingerprint density at radius 2 is 1.96 bits per heavy atom. The molecule has 4 rings (SSSR count). The Morgan fingerprint density at radius 3 is 2.63 bits per heavy atom. The predicted octanol–water partition coefficient (Wildman–Crippen LogP) is 3.79. The molecule has 2 aliphatic rings. The van der Waals surface area contributed by atoms with Crippen LogP contribution in [0.3, 0.4) is 0 Å². The van der Waals surface area contributed by atoms with Crippen LogP contribution < -0.4 is 5.32 Å². The minimum Gasteiger partial charge on any atom is -0.349 e. The van der Waals surface area contributed by atoms with E-state index in [0.717, 1.165) is 25.7 Å². The summed E-state index contributed by atoms with van der Waals surface area (Å²) < 4.78 is 40.8. The number of alkyl halides is 2. The normalized spacial score (nSPS) is 25.9. The first kappa shape index (κ1) is 18.3. The van der Waals surface area contributed by atoms with E-state index in [1.807, 2.05) is 0 Å². The number of fused-ring (bicyclic) bond motifs is 3. The maximum absolute atomic E-state index is 13.7. The van der Waals surface area contributed by atoms with Gasteiger partial charge in [0.05, 0.1) is 12.1 Å². The van der Waals surface area contributed by atoms with E-state index < -0.39 is 18.8 Å². The number of benzene rings is 1. The van der Waals surface area contributed by atoms with Crippen molar-refractivity contribution in [1.29, 1.82) is 0 Å². The SMILES string of the molecule is CN1[C@@H]2CCC[C@H]1CC(NC(=O)c1cn(CC(F)F)c3ccc(F)cc13)C2. The number of nitrogens with one attached hydrogen (secondary N) is 1. The molecule has 2 aromatic rings. The van der Waals surface area contributed by atoms with Gasteiger partial charge in [-0.3, -0.25) is 4.79 Å². The summed E-state index contributed by atoms with van der Waals surface area (Å²) in [6, 6.07) is 4.93. The molecule has 27 heavy (non-hydrogen) atoms. The Balaban J connectivity index is 1.58. The summed E-state index contributed by atoms with van der Waals surface area (Å²) in [4.78, 5) is 15.3. The van der Waals surface area contributed by atoms with E-state index in [4.69, 9.17) is 0 Å². The number of halogens is 3. The topological polar surface area (TPSA) is 37.3 Å². The van der Waals surface area contributed by atoms with Crippen molar-refractivity contribution in [3.05, 3.63) is 35.8 Å². The van der Waals surface area contributed by atoms with Gasteiger partial charge in [0, 0.05) is 35.2 Å². The molecule has 2 bridgehead atoms. The average Bonchev–Trinajstić information content (AvgIpc) is 2.93. The summed E-state index contributed by atoms with van der Waals surface area (Å²) in [6.45, 7) is -0.520. The Kier molecular flexibility index (Phi) is 4.88. The zero-order valence-corrected chi connectivity index (χ0v) is 15.3. The number of hydrogen-bond acceptors (Lipinski definition) is 2. The molecule has 4 nitrogen and oxygen atoms in total. The minimum absolute atomic E-state index is 0.0612. The van der Waals surface area contributed by atoms with Gasteiger partial charge < -0.3 is 14.8 Å². The lowest BCUT2D eigenvalue weighted by Gasteiger charge is -2.47. The van der Waals surface area contributed by atoms with E-state index in [2.05, 4.69) is 17.3 Å². The van der Waals surface area contributed by atoms with E-state index in [9.17, 15) is 18.0 Å². The summed E-state index contributed by atoms with van der Waals surface area (Å²) in [5.74, 6) is -0.800. The maximum Gasteiger partial charge on any atom is 0.256 e. The van der Waals surface area contributed by atoms with Gasteiger partial charge in [0.25, 0.3) is 12.3 Å². The molecule has 1 aromatic carbocycles. The number of hydrogen-bond donors (Lipinski definition) is 1. The number of carbonyl (C=O) groups is 1. The molecular formula is C20H24F3N3O. The van der Waals surface area contributed by atoms with Crippen LogP contribution in [0.15, 0.2) is 24.4 Å². The molecule has 146 valence electrons. The molecule has 0 spiro atoms. The summed E-state index contributed by atoms with van der Waals surface area (Å²) >= 11 is 0. The third-order valence-corrected chi connectivity index (χ3v) is 6.10. The predicted molar refractivity (Wildman–Crippen MR) is 97.6 cm³/mol. The fraction of sp³-hybridized carbons (Fsp3) is 0.550. The van der Waals surface area contributed by atoms with Crippen LogP contribution in [0.25, 0.3) is 10.9 Å². The van der Waals surface area contributed by atoms with Crippen LogP contribution >= 0.6 is 0 Å². The van der Waals surface area contributed by atoms with Crippen LogP contribution in [0, 0.1) is 5.82 Å². The highest BCUT2D eigenvalue weighted by molar-refractivity contribution is 6.07. The molecule has 0 saturated carbocycles. The Bertz CT molecular complexity index is 836. The van der Waals surface area contributed by atoms with Crippen molar-refractivity contribution in [1.82, 2.24) is 14.8 Å². The molecule has 1 aromatic heterocycles. The van der Waals surface area contributed by atoms with Crippen molar-refractivity contribution in [2.75, 3.05) is 7.05 Å². The van der Waals surface area contributed by atoms with Gasteiger partial charge in [-0.15, -0.1) is 0 Å². The first-order valence-corrected chi connectivity index (χ1v) is 9.51. The number of aromatic nitrogens is 1. The molecule has 1 unspecified atom stereocenters. The third-order valence-electron chi connectivity index (χ3n) is 6.10. The van der Waals surface area contributed by atoms with Gasteiger partial charge in [-0.25, -0.2) is 13.2 Å². The highest BCUT2D eigenvalue weighted by atomic mass is 19.3. The molecule has 1 N–H and O–H groups in total. The summed E-state index contributed by atoms with van der Waals surface area (Å²) in [6.07, 6.45) is 4.15. The molecule has 3 atom stereocenters. The van der Waals surface area contributed by atoms with E-state index in [1.54, 1.807) is 0 Å². The number of piperidine rings is 2. The van der Waals surface area contributed by atoms with Gasteiger partial charge in [-0.05, 0) is 50.9 Å². The smallest absolute Gasteiger partial charge is 0.256 e. The standard InChI is InChI=1S/C20H24F3N3O/c1-25-14-3-2-4-15(25)9-13(8-14)24-20(27)17-10-26(11-19(22)23)18-6-5-12(21)7-16(17)18/h5-7,10,13-15,19H,2-4,8-9,11H2,1H3,(H,24,27)/t13?,14-,15+. The zero-order valence-electron chi connectivity index (χ0n) is 15.3. The largest absolute Gasteiger partial charge is 0.349 e. The third kappa shape index (κ3) is 3.57. The van der Waals surface area contributed by atoms with Gasteiger partial charge >= 0.3 is 0 Å². The fourth-order valence-electron chi connectivity index (χ4n) is 4.75. The van der Waals surface area contributed by atoms with E-state index in [1.165, 1.54) is 35.4 Å². The van der Waals surface area contributed by atoms with Gasteiger partial charge in [0.15, 0.2) is 0 Å². The second kappa shape index (κ2) is 7.19. The quantitative estimate of drug-likeness (QED) is 0.878. The lowest BCUT2D eigenvalue weighted by molar-refractivity contribution is 0.0463. The first-order chi connectivity index (χ1) is 12.9. The lowest BCUT2D eigenvalue weighted by Crippen LogP contribution is -2.55. The summed E-state index contributed by atoms with van der Waals surface area (Å²) in [5.41, 5.74) is 0.705. The highest BCUT2D eigenvalue weighted by Gasteiger charge is 2.36. The lowest BCUT2D eigenvalue weighted by atomic mass is 9.82. The Hall–Kier alpha value is -2.02. The van der Waals surface area contributed by atoms with Crippen LogP contribution in [0.5, 0.6) is 0 Å². The summed E-state index contributed by atoms with van der Waals surface area (Å²) in [7, 11) is 2.15. The molecule has 0 aliphatic carbocycles. The van der Waals surface area contributed by atoms with Crippen LogP contribution in [0.1, 0.15) is 42.5 Å². The van der Waals surface area contributed by atoms with Crippen molar-refractivity contribution in [3.63, 3.8) is 0 Å². The highest BCUT2D eigenvalue weighted by Crippen LogP contribution is 2.33. The zero-order chi connectivity index (χ0) is 19.1. The van der Waals surface area contributed by atoms with E-state index in [0.29, 0.717) is 23.0 Å². The molecule has 2 fully saturated rings. The first-order valence-electron chi connectivity index (χ1n) is 9.51. The Morgan fingerprint density at radius 1 is 1.26 bits per heavy atom. The van der Waals surface area contributed by atoms with Crippen molar-refractivity contribution >= 4 is 16.8 Å². The van der Waals surface area contributed by atoms with Crippen LogP contribution in [-0.4, -0.2) is 47.0 Å². The number of nitrogens with zero attached hydrogens (tertiary/aromatic N) is 2. The second-order valence-corrected chi connectivity index (χ2v) is 7.79. The van der Waals surface area contributed by atoms with Crippen LogP contribution in [0.4, 0.5) is 13.2 Å². The van der Waals surface area contributed by atoms with E-state index >= 15 is 0 Å². The maximum atomic E-state index is 13.7. The van der Waals surface area contributed by atoms with Gasteiger partial charge in [0.1, 0.15) is 5.82 Å². The Labute approximate surface area is 156 Å². The molecule has 2 saturated heterocycles. The monoisotopic (exact) mass is 379 g/mol.